The second kappa shape index (κ2) is 5.94. The van der Waals surface area contributed by atoms with E-state index in [0.717, 1.165) is 22.3 Å². The third kappa shape index (κ3) is 3.27. The van der Waals surface area contributed by atoms with Gasteiger partial charge in [-0.25, -0.2) is 4.79 Å². The summed E-state index contributed by atoms with van der Waals surface area (Å²) in [4.78, 5) is 14.3. The van der Waals surface area contributed by atoms with Gasteiger partial charge in [0.15, 0.2) is 0 Å². The Morgan fingerprint density at radius 2 is 1.79 bits per heavy atom. The van der Waals surface area contributed by atoms with Crippen molar-refractivity contribution < 1.29 is 4.79 Å². The molecule has 2 aromatic rings. The van der Waals surface area contributed by atoms with Gasteiger partial charge < -0.3 is 0 Å². The van der Waals surface area contributed by atoms with Gasteiger partial charge in [0.25, 0.3) is 0 Å². The second-order valence-electron chi connectivity index (χ2n) is 4.47. The van der Waals surface area contributed by atoms with Crippen LogP contribution in [0.4, 0.5) is 5.69 Å². The van der Waals surface area contributed by atoms with E-state index in [0.29, 0.717) is 5.69 Å². The number of nitrogens with zero attached hydrogens (tertiary/aromatic N) is 1. The highest BCUT2D eigenvalue weighted by atomic mass is 16.1. The van der Waals surface area contributed by atoms with Crippen LogP contribution in [0.25, 0.3) is 12.2 Å². The van der Waals surface area contributed by atoms with Crippen molar-refractivity contribution in [1.82, 2.24) is 0 Å². The zero-order chi connectivity index (χ0) is 13.7. The Morgan fingerprint density at radius 1 is 1.05 bits per heavy atom. The van der Waals surface area contributed by atoms with Crippen molar-refractivity contribution in [3.8, 4) is 0 Å². The topological polar surface area (TPSA) is 29.4 Å². The van der Waals surface area contributed by atoms with Crippen LogP contribution in [0.15, 0.2) is 47.5 Å². The summed E-state index contributed by atoms with van der Waals surface area (Å²) in [6.07, 6.45) is 5.61. The van der Waals surface area contributed by atoms with Crippen LogP contribution in [-0.4, -0.2) is 6.08 Å². The van der Waals surface area contributed by atoms with Crippen LogP contribution in [-0.2, 0) is 4.79 Å². The Labute approximate surface area is 113 Å². The first-order valence-corrected chi connectivity index (χ1v) is 6.13. The van der Waals surface area contributed by atoms with Gasteiger partial charge in [-0.05, 0) is 31.0 Å². The molecule has 0 heterocycles. The molecule has 2 heteroatoms. The number of benzene rings is 2. The highest BCUT2D eigenvalue weighted by Crippen LogP contribution is 2.27. The molecule has 2 nitrogen and oxygen atoms in total. The van der Waals surface area contributed by atoms with E-state index in [4.69, 9.17) is 0 Å². The smallest absolute Gasteiger partial charge is 0.211 e. The minimum Gasteiger partial charge on any atom is -0.211 e. The van der Waals surface area contributed by atoms with Crippen LogP contribution in [0.5, 0.6) is 0 Å². The molecule has 2 rings (SSSR count). The Bertz CT molecular complexity index is 650. The van der Waals surface area contributed by atoms with Gasteiger partial charge in [-0.3, -0.25) is 0 Å². The standard InChI is InChI=1S/C17H15NO/c1-13-10-14(2)17(18-12-19)16(11-13)9-8-15-6-4-3-5-7-15/h3-11H,1-2H3. The molecule has 0 aliphatic rings. The Morgan fingerprint density at radius 3 is 2.47 bits per heavy atom. The summed E-state index contributed by atoms with van der Waals surface area (Å²) in [7, 11) is 0. The molecule has 0 aliphatic heterocycles. The number of carbonyl (C=O) groups excluding carboxylic acids is 1. The van der Waals surface area contributed by atoms with Gasteiger partial charge in [-0.1, -0.05) is 54.1 Å². The van der Waals surface area contributed by atoms with Gasteiger partial charge in [0, 0.05) is 5.56 Å². The van der Waals surface area contributed by atoms with Gasteiger partial charge in [0.1, 0.15) is 0 Å². The SMILES string of the molecule is Cc1cc(C)c(N=C=O)c(C=Cc2ccccc2)c1. The minimum absolute atomic E-state index is 0.688. The van der Waals surface area contributed by atoms with Gasteiger partial charge >= 0.3 is 0 Å². The predicted octanol–water partition coefficient (Wildman–Crippen LogP) is 4.44. The van der Waals surface area contributed by atoms with Gasteiger partial charge in [0.05, 0.1) is 5.69 Å². The van der Waals surface area contributed by atoms with E-state index >= 15 is 0 Å². The fourth-order valence-electron chi connectivity index (χ4n) is 2.07. The Kier molecular flexibility index (Phi) is 4.07. The number of aryl methyl sites for hydroxylation is 2. The Hall–Kier alpha value is -2.44. The molecule has 0 aromatic heterocycles. The van der Waals surface area contributed by atoms with Crippen LogP contribution in [0.1, 0.15) is 22.3 Å². The number of rotatable bonds is 3. The molecule has 19 heavy (non-hydrogen) atoms. The lowest BCUT2D eigenvalue weighted by atomic mass is 10.0. The van der Waals surface area contributed by atoms with E-state index in [9.17, 15) is 4.79 Å². The quantitative estimate of drug-likeness (QED) is 0.449. The molecule has 0 bridgehead atoms. The predicted molar refractivity (Wildman–Crippen MR) is 79.1 cm³/mol. The zero-order valence-corrected chi connectivity index (χ0v) is 11.1. The molecule has 0 atom stereocenters. The molecule has 2 aromatic carbocycles. The van der Waals surface area contributed by atoms with Crippen LogP contribution < -0.4 is 0 Å². The second-order valence-corrected chi connectivity index (χ2v) is 4.47. The molecule has 0 amide bonds. The van der Waals surface area contributed by atoms with Crippen LogP contribution >= 0.6 is 0 Å². The van der Waals surface area contributed by atoms with Crippen molar-refractivity contribution in [3.63, 3.8) is 0 Å². The first-order chi connectivity index (χ1) is 9.20. The number of hydrogen-bond acceptors (Lipinski definition) is 2. The summed E-state index contributed by atoms with van der Waals surface area (Å²) in [5, 5.41) is 0. The minimum atomic E-state index is 0.688. The molecule has 0 aliphatic carbocycles. The molecule has 0 spiro atoms. The average Bonchev–Trinajstić information content (AvgIpc) is 2.41. The third-order valence-corrected chi connectivity index (χ3v) is 2.89. The molecule has 0 saturated carbocycles. The van der Waals surface area contributed by atoms with E-state index in [2.05, 4.69) is 4.99 Å². The highest BCUT2D eigenvalue weighted by molar-refractivity contribution is 5.78. The molecule has 0 saturated heterocycles. The maximum atomic E-state index is 10.5. The largest absolute Gasteiger partial charge is 0.240 e. The molecular weight excluding hydrogens is 234 g/mol. The van der Waals surface area contributed by atoms with Crippen molar-refractivity contribution in [2.75, 3.05) is 0 Å². The summed E-state index contributed by atoms with van der Waals surface area (Å²) >= 11 is 0. The maximum Gasteiger partial charge on any atom is 0.240 e. The molecule has 94 valence electrons. The van der Waals surface area contributed by atoms with Gasteiger partial charge in [-0.2, -0.15) is 4.99 Å². The fraction of sp³-hybridized carbons (Fsp3) is 0.118. The molecule has 0 N–H and O–H groups in total. The van der Waals surface area contributed by atoms with Crippen LogP contribution in [0, 0.1) is 13.8 Å². The summed E-state index contributed by atoms with van der Waals surface area (Å²) in [5.41, 5.74) is 4.87. The summed E-state index contributed by atoms with van der Waals surface area (Å²) in [6, 6.07) is 14.1. The molecule has 0 unspecified atom stereocenters. The van der Waals surface area contributed by atoms with Crippen molar-refractivity contribution >= 4 is 23.9 Å². The van der Waals surface area contributed by atoms with E-state index in [1.54, 1.807) is 6.08 Å². The average molecular weight is 249 g/mol. The first-order valence-electron chi connectivity index (χ1n) is 6.13. The van der Waals surface area contributed by atoms with Crippen molar-refractivity contribution in [2.24, 2.45) is 4.99 Å². The van der Waals surface area contributed by atoms with Gasteiger partial charge in [-0.15, -0.1) is 0 Å². The lowest BCUT2D eigenvalue weighted by Gasteiger charge is -2.05. The van der Waals surface area contributed by atoms with E-state index in [1.807, 2.05) is 68.5 Å². The number of isocyanates is 1. The van der Waals surface area contributed by atoms with Gasteiger partial charge in [0.2, 0.25) is 6.08 Å². The lowest BCUT2D eigenvalue weighted by Crippen LogP contribution is -1.83. The number of hydrogen-bond donors (Lipinski definition) is 0. The monoisotopic (exact) mass is 249 g/mol. The van der Waals surface area contributed by atoms with Crippen molar-refractivity contribution in [2.45, 2.75) is 13.8 Å². The fourth-order valence-corrected chi connectivity index (χ4v) is 2.07. The lowest BCUT2D eigenvalue weighted by molar-refractivity contribution is 0.565. The van der Waals surface area contributed by atoms with Crippen molar-refractivity contribution in [3.05, 3.63) is 64.7 Å². The normalized spacial score (nSPS) is 10.4. The van der Waals surface area contributed by atoms with Crippen molar-refractivity contribution in [1.29, 1.82) is 0 Å². The van der Waals surface area contributed by atoms with E-state index < -0.39 is 0 Å². The molecular formula is C17H15NO. The Balaban J connectivity index is 2.44. The zero-order valence-electron chi connectivity index (χ0n) is 11.1. The first kappa shape index (κ1) is 13.0. The summed E-state index contributed by atoms with van der Waals surface area (Å²) in [6.45, 7) is 3.98. The molecule has 0 radical (unpaired) electrons. The van der Waals surface area contributed by atoms with Crippen LogP contribution in [0.3, 0.4) is 0 Å². The van der Waals surface area contributed by atoms with Crippen LogP contribution in [0.2, 0.25) is 0 Å². The van der Waals surface area contributed by atoms with E-state index in [1.165, 1.54) is 0 Å². The maximum absolute atomic E-state index is 10.5. The third-order valence-electron chi connectivity index (χ3n) is 2.89. The van der Waals surface area contributed by atoms with E-state index in [-0.39, 0.29) is 0 Å². The summed E-state index contributed by atoms with van der Waals surface area (Å²) in [5.74, 6) is 0. The molecule has 0 fully saturated rings. The highest BCUT2D eigenvalue weighted by Gasteiger charge is 2.03. The summed E-state index contributed by atoms with van der Waals surface area (Å²) < 4.78 is 0. The number of aliphatic imine (C=N–C) groups is 1.